The molecule has 3 nitrogen and oxygen atoms in total. The monoisotopic (exact) mass is 280 g/mol. The third kappa shape index (κ3) is 2.93. The summed E-state index contributed by atoms with van der Waals surface area (Å²) in [5, 5.41) is 0.526. The van der Waals surface area contributed by atoms with Gasteiger partial charge >= 0.3 is 0 Å². The van der Waals surface area contributed by atoms with E-state index in [2.05, 4.69) is 6.92 Å². The smallest absolute Gasteiger partial charge is 0.255 e. The van der Waals surface area contributed by atoms with Crippen LogP contribution in [0.5, 0.6) is 0 Å². The van der Waals surface area contributed by atoms with Crippen molar-refractivity contribution in [2.24, 2.45) is 5.73 Å². The van der Waals surface area contributed by atoms with E-state index in [1.165, 1.54) is 0 Å². The second kappa shape index (κ2) is 5.93. The Morgan fingerprint density at radius 3 is 2.84 bits per heavy atom. The second-order valence-electron chi connectivity index (χ2n) is 5.37. The first-order chi connectivity index (χ1) is 9.04. The lowest BCUT2D eigenvalue weighted by atomic mass is 9.95. The maximum atomic E-state index is 12.7. The Labute approximate surface area is 119 Å². The van der Waals surface area contributed by atoms with Crippen LogP contribution < -0.4 is 5.73 Å². The molecule has 1 aromatic carbocycles. The van der Waals surface area contributed by atoms with Gasteiger partial charge in [0.2, 0.25) is 0 Å². The van der Waals surface area contributed by atoms with Gasteiger partial charge in [0.25, 0.3) is 5.91 Å². The number of aryl methyl sites for hydroxylation is 1. The number of hydrogen-bond donors (Lipinski definition) is 1. The van der Waals surface area contributed by atoms with Gasteiger partial charge in [0.15, 0.2) is 0 Å². The van der Waals surface area contributed by atoms with Crippen molar-refractivity contribution in [3.63, 3.8) is 0 Å². The molecule has 1 saturated heterocycles. The van der Waals surface area contributed by atoms with Gasteiger partial charge in [-0.15, -0.1) is 0 Å². The molecule has 1 aliphatic rings. The first kappa shape index (κ1) is 14.4. The highest BCUT2D eigenvalue weighted by molar-refractivity contribution is 6.33. The van der Waals surface area contributed by atoms with Crippen LogP contribution in [-0.4, -0.2) is 29.4 Å². The number of rotatable bonds is 2. The Morgan fingerprint density at radius 2 is 2.21 bits per heavy atom. The predicted molar refractivity (Wildman–Crippen MR) is 78.5 cm³/mol. The number of hydrogen-bond acceptors (Lipinski definition) is 2. The van der Waals surface area contributed by atoms with Crippen LogP contribution in [0.1, 0.15) is 42.1 Å². The van der Waals surface area contributed by atoms with Crippen molar-refractivity contribution in [1.82, 2.24) is 4.90 Å². The Balaban J connectivity index is 2.30. The SMILES string of the molecule is Cc1ccc(C(=O)N2C(C)CCCC2CN)c(Cl)c1. The highest BCUT2D eigenvalue weighted by Crippen LogP contribution is 2.27. The average molecular weight is 281 g/mol. The molecule has 1 aromatic rings. The molecule has 0 radical (unpaired) electrons. The van der Waals surface area contributed by atoms with Gasteiger partial charge in [-0.2, -0.15) is 0 Å². The summed E-state index contributed by atoms with van der Waals surface area (Å²) in [6, 6.07) is 5.93. The number of nitrogens with two attached hydrogens (primary N) is 1. The van der Waals surface area contributed by atoms with E-state index in [4.69, 9.17) is 17.3 Å². The number of carbonyl (C=O) groups excluding carboxylic acids is 1. The fraction of sp³-hybridized carbons (Fsp3) is 0.533. The van der Waals surface area contributed by atoms with Crippen molar-refractivity contribution < 1.29 is 4.79 Å². The van der Waals surface area contributed by atoms with Gasteiger partial charge in [-0.05, 0) is 50.8 Å². The second-order valence-corrected chi connectivity index (χ2v) is 5.77. The molecule has 2 atom stereocenters. The summed E-state index contributed by atoms with van der Waals surface area (Å²) >= 11 is 6.20. The third-order valence-corrected chi connectivity index (χ3v) is 4.20. The number of nitrogens with zero attached hydrogens (tertiary/aromatic N) is 1. The Hall–Kier alpha value is -1.06. The van der Waals surface area contributed by atoms with Gasteiger partial charge < -0.3 is 10.6 Å². The van der Waals surface area contributed by atoms with Gasteiger partial charge in [-0.1, -0.05) is 17.7 Å². The van der Waals surface area contributed by atoms with Crippen LogP contribution in [0.15, 0.2) is 18.2 Å². The van der Waals surface area contributed by atoms with Gasteiger partial charge in [0.05, 0.1) is 10.6 Å². The zero-order chi connectivity index (χ0) is 14.0. The van der Waals surface area contributed by atoms with Crippen molar-refractivity contribution >= 4 is 17.5 Å². The fourth-order valence-electron chi connectivity index (χ4n) is 2.82. The Kier molecular flexibility index (Phi) is 4.48. The van der Waals surface area contributed by atoms with Crippen LogP contribution in [0.3, 0.4) is 0 Å². The first-order valence-corrected chi connectivity index (χ1v) is 7.21. The Bertz CT molecular complexity index is 475. The van der Waals surface area contributed by atoms with E-state index < -0.39 is 0 Å². The largest absolute Gasteiger partial charge is 0.332 e. The van der Waals surface area contributed by atoms with Gasteiger partial charge in [-0.25, -0.2) is 0 Å². The van der Waals surface area contributed by atoms with E-state index in [9.17, 15) is 4.79 Å². The summed E-state index contributed by atoms with van der Waals surface area (Å²) in [7, 11) is 0. The molecule has 2 unspecified atom stereocenters. The summed E-state index contributed by atoms with van der Waals surface area (Å²) in [6.07, 6.45) is 3.15. The molecule has 104 valence electrons. The number of likely N-dealkylation sites (tertiary alicyclic amines) is 1. The molecule has 0 aliphatic carbocycles. The minimum atomic E-state index is 0.00708. The van der Waals surface area contributed by atoms with Crippen molar-refractivity contribution in [1.29, 1.82) is 0 Å². The summed E-state index contributed by atoms with van der Waals surface area (Å²) in [5.74, 6) is 0.00708. The molecule has 2 N–H and O–H groups in total. The van der Waals surface area contributed by atoms with E-state index in [1.54, 1.807) is 0 Å². The minimum absolute atomic E-state index is 0.00708. The molecule has 0 bridgehead atoms. The first-order valence-electron chi connectivity index (χ1n) is 6.83. The molecule has 0 saturated carbocycles. The van der Waals surface area contributed by atoms with E-state index in [-0.39, 0.29) is 18.0 Å². The lowest BCUT2D eigenvalue weighted by molar-refractivity contribution is 0.0494. The number of amides is 1. The van der Waals surface area contributed by atoms with Crippen molar-refractivity contribution in [3.8, 4) is 0 Å². The van der Waals surface area contributed by atoms with E-state index >= 15 is 0 Å². The molecule has 0 spiro atoms. The highest BCUT2D eigenvalue weighted by atomic mass is 35.5. The van der Waals surface area contributed by atoms with E-state index in [0.29, 0.717) is 17.1 Å². The van der Waals surface area contributed by atoms with E-state index in [1.807, 2.05) is 30.0 Å². The van der Waals surface area contributed by atoms with Crippen molar-refractivity contribution in [2.45, 2.75) is 45.2 Å². The lowest BCUT2D eigenvalue weighted by Gasteiger charge is -2.40. The fourth-order valence-corrected chi connectivity index (χ4v) is 3.13. The van der Waals surface area contributed by atoms with Crippen molar-refractivity contribution in [3.05, 3.63) is 34.3 Å². The van der Waals surface area contributed by atoms with Crippen LogP contribution in [0.2, 0.25) is 5.02 Å². The quantitative estimate of drug-likeness (QED) is 0.905. The third-order valence-electron chi connectivity index (χ3n) is 3.89. The van der Waals surface area contributed by atoms with Crippen molar-refractivity contribution in [2.75, 3.05) is 6.54 Å². The molecule has 19 heavy (non-hydrogen) atoms. The topological polar surface area (TPSA) is 46.3 Å². The van der Waals surface area contributed by atoms with Gasteiger partial charge in [0.1, 0.15) is 0 Å². The van der Waals surface area contributed by atoms with Crippen LogP contribution in [0.4, 0.5) is 0 Å². The molecule has 1 fully saturated rings. The van der Waals surface area contributed by atoms with Crippen LogP contribution in [0, 0.1) is 6.92 Å². The zero-order valence-corrected chi connectivity index (χ0v) is 12.3. The molecule has 1 amide bonds. The summed E-state index contributed by atoms with van der Waals surface area (Å²) in [6.45, 7) is 4.56. The molecule has 4 heteroatoms. The molecule has 1 aliphatic heterocycles. The standard InChI is InChI=1S/C15H21ClN2O/c1-10-6-7-13(14(16)8-10)15(19)18-11(2)4-3-5-12(18)9-17/h6-8,11-12H,3-5,9,17H2,1-2H3. The van der Waals surface area contributed by atoms with Gasteiger partial charge in [-0.3, -0.25) is 4.79 Å². The maximum absolute atomic E-state index is 12.7. The summed E-state index contributed by atoms with van der Waals surface area (Å²) in [5.41, 5.74) is 7.45. The van der Waals surface area contributed by atoms with Crippen LogP contribution >= 0.6 is 11.6 Å². The summed E-state index contributed by atoms with van der Waals surface area (Å²) in [4.78, 5) is 14.6. The number of piperidine rings is 1. The highest BCUT2D eigenvalue weighted by Gasteiger charge is 2.32. The molecular formula is C15H21ClN2O. The maximum Gasteiger partial charge on any atom is 0.255 e. The Morgan fingerprint density at radius 1 is 1.47 bits per heavy atom. The predicted octanol–water partition coefficient (Wildman–Crippen LogP) is 2.99. The number of carbonyl (C=O) groups is 1. The zero-order valence-electron chi connectivity index (χ0n) is 11.5. The minimum Gasteiger partial charge on any atom is -0.332 e. The average Bonchev–Trinajstić information content (AvgIpc) is 2.37. The number of benzene rings is 1. The van der Waals surface area contributed by atoms with Crippen LogP contribution in [0.25, 0.3) is 0 Å². The summed E-state index contributed by atoms with van der Waals surface area (Å²) < 4.78 is 0. The van der Waals surface area contributed by atoms with Crippen LogP contribution in [-0.2, 0) is 0 Å². The molecular weight excluding hydrogens is 260 g/mol. The number of halogens is 1. The molecule has 0 aromatic heterocycles. The normalized spacial score (nSPS) is 23.5. The van der Waals surface area contributed by atoms with E-state index in [0.717, 1.165) is 24.8 Å². The molecule has 1 heterocycles. The lowest BCUT2D eigenvalue weighted by Crippen LogP contribution is -2.51. The molecule has 2 rings (SSSR count). The van der Waals surface area contributed by atoms with Gasteiger partial charge in [0, 0.05) is 18.6 Å².